The van der Waals surface area contributed by atoms with Crippen LogP contribution in [0.4, 0.5) is 0 Å². The molecule has 0 unspecified atom stereocenters. The molecular formula is C13H17N3O4. The first-order valence-electron chi connectivity index (χ1n) is 6.18. The molecule has 2 N–H and O–H groups in total. The van der Waals surface area contributed by atoms with Crippen LogP contribution in [0, 0.1) is 13.8 Å². The number of rotatable bonds is 5. The molecule has 0 radical (unpaired) electrons. The van der Waals surface area contributed by atoms with E-state index in [4.69, 9.17) is 13.9 Å². The lowest BCUT2D eigenvalue weighted by Gasteiger charge is -2.19. The van der Waals surface area contributed by atoms with E-state index in [1.165, 1.54) is 0 Å². The van der Waals surface area contributed by atoms with Crippen LogP contribution in [0.5, 0.6) is 0 Å². The molecule has 0 fully saturated rings. The van der Waals surface area contributed by atoms with Crippen molar-refractivity contribution in [2.24, 2.45) is 0 Å². The Bertz CT molecular complexity index is 627. The van der Waals surface area contributed by atoms with E-state index in [1.54, 1.807) is 13.8 Å². The number of aryl methyl sites for hydroxylation is 2. The van der Waals surface area contributed by atoms with Gasteiger partial charge in [0.25, 0.3) is 5.89 Å². The number of carboxylic acid groups (broad SMARTS) is 1. The summed E-state index contributed by atoms with van der Waals surface area (Å²) in [6.45, 7) is 6.97. The van der Waals surface area contributed by atoms with Gasteiger partial charge in [-0.15, -0.1) is 10.2 Å². The van der Waals surface area contributed by atoms with E-state index in [1.807, 2.05) is 19.9 Å². The van der Waals surface area contributed by atoms with Gasteiger partial charge in [-0.2, -0.15) is 0 Å². The molecule has 0 aliphatic heterocycles. The van der Waals surface area contributed by atoms with Crippen LogP contribution in [0.1, 0.15) is 31.3 Å². The van der Waals surface area contributed by atoms with E-state index in [9.17, 15) is 4.79 Å². The molecule has 0 aromatic carbocycles. The topological polar surface area (TPSA) is 101 Å². The van der Waals surface area contributed by atoms with E-state index < -0.39 is 11.5 Å². The Hall–Kier alpha value is -2.15. The molecule has 0 aliphatic rings. The quantitative estimate of drug-likeness (QED) is 0.861. The third kappa shape index (κ3) is 2.88. The Morgan fingerprint density at radius 1 is 1.35 bits per heavy atom. The molecule has 20 heavy (non-hydrogen) atoms. The zero-order valence-corrected chi connectivity index (χ0v) is 11.9. The van der Waals surface area contributed by atoms with E-state index in [-0.39, 0.29) is 6.54 Å². The normalized spacial score (nSPS) is 11.8. The highest BCUT2D eigenvalue weighted by Crippen LogP contribution is 2.25. The predicted molar refractivity (Wildman–Crippen MR) is 70.0 cm³/mol. The maximum atomic E-state index is 11.0. The number of furan rings is 1. The SMILES string of the molecule is Cc1cc(-c2nnc(CNC(C)(C)C(=O)O)o2)c(C)o1. The van der Waals surface area contributed by atoms with Gasteiger partial charge in [-0.05, 0) is 33.8 Å². The second kappa shape index (κ2) is 5.09. The van der Waals surface area contributed by atoms with Gasteiger partial charge in [-0.1, -0.05) is 0 Å². The third-order valence-corrected chi connectivity index (χ3v) is 2.95. The van der Waals surface area contributed by atoms with Gasteiger partial charge in [-0.3, -0.25) is 10.1 Å². The zero-order valence-electron chi connectivity index (χ0n) is 11.9. The molecule has 0 aliphatic carbocycles. The largest absolute Gasteiger partial charge is 0.480 e. The van der Waals surface area contributed by atoms with Gasteiger partial charge in [-0.25, -0.2) is 0 Å². The minimum Gasteiger partial charge on any atom is -0.480 e. The Kier molecular flexibility index (Phi) is 3.63. The van der Waals surface area contributed by atoms with Crippen LogP contribution in [-0.2, 0) is 11.3 Å². The molecule has 2 aromatic rings. The van der Waals surface area contributed by atoms with Crippen LogP contribution >= 0.6 is 0 Å². The molecule has 108 valence electrons. The van der Waals surface area contributed by atoms with Crippen molar-refractivity contribution in [2.45, 2.75) is 39.8 Å². The first-order chi connectivity index (χ1) is 9.29. The Labute approximate surface area is 116 Å². The number of aliphatic carboxylic acids is 1. The van der Waals surface area contributed by atoms with Gasteiger partial charge in [0.1, 0.15) is 17.1 Å². The molecule has 7 heteroatoms. The average molecular weight is 279 g/mol. The number of hydrogen-bond donors (Lipinski definition) is 2. The number of aromatic nitrogens is 2. The van der Waals surface area contributed by atoms with Crippen LogP contribution in [0.3, 0.4) is 0 Å². The molecule has 2 heterocycles. The lowest BCUT2D eigenvalue weighted by Crippen LogP contribution is -2.46. The highest BCUT2D eigenvalue weighted by Gasteiger charge is 2.27. The summed E-state index contributed by atoms with van der Waals surface area (Å²) in [4.78, 5) is 11.0. The summed E-state index contributed by atoms with van der Waals surface area (Å²) < 4.78 is 10.9. The van der Waals surface area contributed by atoms with Crippen molar-refractivity contribution in [3.63, 3.8) is 0 Å². The summed E-state index contributed by atoms with van der Waals surface area (Å²) in [6, 6.07) is 1.82. The van der Waals surface area contributed by atoms with E-state index in [0.29, 0.717) is 17.5 Å². The van der Waals surface area contributed by atoms with Gasteiger partial charge in [0.05, 0.1) is 12.1 Å². The fourth-order valence-electron chi connectivity index (χ4n) is 1.65. The van der Waals surface area contributed by atoms with Gasteiger partial charge >= 0.3 is 5.97 Å². The standard InChI is InChI=1S/C13H17N3O4/c1-7-5-9(8(2)19-7)11-16-15-10(20-11)6-14-13(3,4)12(17)18/h5,14H,6H2,1-4H3,(H,17,18). The Balaban J connectivity index is 2.10. The minimum absolute atomic E-state index is 0.183. The number of nitrogens with one attached hydrogen (secondary N) is 1. The number of carboxylic acids is 1. The molecule has 2 aromatic heterocycles. The molecule has 0 atom stereocenters. The Morgan fingerprint density at radius 3 is 2.60 bits per heavy atom. The summed E-state index contributed by atoms with van der Waals surface area (Å²) in [5.41, 5.74) is -0.310. The first-order valence-corrected chi connectivity index (χ1v) is 6.18. The highest BCUT2D eigenvalue weighted by atomic mass is 16.4. The lowest BCUT2D eigenvalue weighted by atomic mass is 10.1. The molecule has 0 bridgehead atoms. The second-order valence-corrected chi connectivity index (χ2v) is 5.11. The molecule has 2 rings (SSSR count). The van der Waals surface area contributed by atoms with E-state index in [0.717, 1.165) is 11.3 Å². The van der Waals surface area contributed by atoms with Gasteiger partial charge in [0, 0.05) is 0 Å². The van der Waals surface area contributed by atoms with Crippen molar-refractivity contribution >= 4 is 5.97 Å². The summed E-state index contributed by atoms with van der Waals surface area (Å²) in [6.07, 6.45) is 0. The Morgan fingerprint density at radius 2 is 2.05 bits per heavy atom. The second-order valence-electron chi connectivity index (χ2n) is 5.11. The van der Waals surface area contributed by atoms with Crippen molar-refractivity contribution in [3.8, 4) is 11.5 Å². The third-order valence-electron chi connectivity index (χ3n) is 2.95. The molecule has 0 saturated heterocycles. The van der Waals surface area contributed by atoms with Gasteiger partial charge in [0.15, 0.2) is 0 Å². The van der Waals surface area contributed by atoms with Crippen molar-refractivity contribution in [1.82, 2.24) is 15.5 Å². The lowest BCUT2D eigenvalue weighted by molar-refractivity contribution is -0.143. The smallest absolute Gasteiger partial charge is 0.323 e. The fraction of sp³-hybridized carbons (Fsp3) is 0.462. The molecule has 0 spiro atoms. The van der Waals surface area contributed by atoms with Crippen LogP contribution in [0.2, 0.25) is 0 Å². The number of carbonyl (C=O) groups is 1. The predicted octanol–water partition coefficient (Wildman–Crippen LogP) is 1.90. The fourth-order valence-corrected chi connectivity index (χ4v) is 1.65. The summed E-state index contributed by atoms with van der Waals surface area (Å²) in [5.74, 6) is 1.22. The molecule has 0 saturated carbocycles. The van der Waals surface area contributed by atoms with Crippen molar-refractivity contribution in [1.29, 1.82) is 0 Å². The van der Waals surface area contributed by atoms with Crippen LogP contribution in [0.25, 0.3) is 11.5 Å². The summed E-state index contributed by atoms with van der Waals surface area (Å²) in [5, 5.41) is 19.7. The zero-order chi connectivity index (χ0) is 14.9. The summed E-state index contributed by atoms with van der Waals surface area (Å²) >= 11 is 0. The van der Waals surface area contributed by atoms with Crippen molar-refractivity contribution in [3.05, 3.63) is 23.5 Å². The molecule has 7 nitrogen and oxygen atoms in total. The summed E-state index contributed by atoms with van der Waals surface area (Å²) in [7, 11) is 0. The van der Waals surface area contributed by atoms with E-state index >= 15 is 0 Å². The van der Waals surface area contributed by atoms with Gasteiger partial charge < -0.3 is 13.9 Å². The monoisotopic (exact) mass is 279 g/mol. The minimum atomic E-state index is -1.06. The van der Waals surface area contributed by atoms with Crippen molar-refractivity contribution < 1.29 is 18.7 Å². The van der Waals surface area contributed by atoms with Crippen LogP contribution in [-0.4, -0.2) is 26.8 Å². The van der Waals surface area contributed by atoms with Crippen molar-refractivity contribution in [2.75, 3.05) is 0 Å². The maximum absolute atomic E-state index is 11.0. The molecule has 0 amide bonds. The maximum Gasteiger partial charge on any atom is 0.323 e. The van der Waals surface area contributed by atoms with E-state index in [2.05, 4.69) is 15.5 Å². The van der Waals surface area contributed by atoms with Crippen LogP contribution in [0.15, 0.2) is 14.9 Å². The number of nitrogens with zero attached hydrogens (tertiary/aromatic N) is 2. The van der Waals surface area contributed by atoms with Gasteiger partial charge in [0.2, 0.25) is 5.89 Å². The van der Waals surface area contributed by atoms with Crippen LogP contribution < -0.4 is 5.32 Å². The molecular weight excluding hydrogens is 262 g/mol. The number of hydrogen-bond acceptors (Lipinski definition) is 6. The average Bonchev–Trinajstić information content (AvgIpc) is 2.93. The highest BCUT2D eigenvalue weighted by molar-refractivity contribution is 5.77. The first kappa shape index (κ1) is 14.3.